The van der Waals surface area contributed by atoms with Gasteiger partial charge in [-0.1, -0.05) is 6.58 Å². The van der Waals surface area contributed by atoms with Crippen molar-refractivity contribution >= 4 is 41.9 Å². The van der Waals surface area contributed by atoms with Gasteiger partial charge < -0.3 is 35.1 Å². The van der Waals surface area contributed by atoms with Crippen LogP contribution in [0.4, 0.5) is 11.5 Å². The van der Waals surface area contributed by atoms with Crippen LogP contribution < -0.4 is 21.1 Å². The smallest absolute Gasteiger partial charge is 0.323 e. The molecule has 2 aliphatic rings. The molecule has 0 unspecified atom stereocenters. The summed E-state index contributed by atoms with van der Waals surface area (Å²) in [5.74, 6) is 0.514. The maximum atomic E-state index is 12.0. The van der Waals surface area contributed by atoms with Gasteiger partial charge in [0.15, 0.2) is 0 Å². The second-order valence-corrected chi connectivity index (χ2v) is 10.5. The number of likely N-dealkylation sites (tertiary alicyclic amines) is 1. The van der Waals surface area contributed by atoms with E-state index in [1.165, 1.54) is 12.5 Å². The molecule has 4 N–H and O–H groups in total. The number of H-pyrrole nitrogens is 2. The van der Waals surface area contributed by atoms with E-state index >= 15 is 0 Å². The number of nitrogen functional groups attached to an aromatic ring is 1. The van der Waals surface area contributed by atoms with Crippen LogP contribution in [0.1, 0.15) is 49.1 Å². The number of rotatable bonds is 7. The molecule has 12 heteroatoms. The molecule has 3 aromatic rings. The van der Waals surface area contributed by atoms with Crippen molar-refractivity contribution in [2.24, 2.45) is 0 Å². The molecule has 1 fully saturated rings. The van der Waals surface area contributed by atoms with Gasteiger partial charge in [0, 0.05) is 31.2 Å². The minimum atomic E-state index is -0.196. The Kier molecular flexibility index (Phi) is 10.9. The van der Waals surface area contributed by atoms with Crippen molar-refractivity contribution in [3.8, 4) is 6.01 Å². The zero-order valence-corrected chi connectivity index (χ0v) is 25.8. The number of benzene rings is 1. The van der Waals surface area contributed by atoms with Gasteiger partial charge in [-0.25, -0.2) is 4.79 Å². The van der Waals surface area contributed by atoms with Crippen molar-refractivity contribution < 1.29 is 9.53 Å². The summed E-state index contributed by atoms with van der Waals surface area (Å²) in [6.45, 7) is 16.0. The number of aromatic nitrogens is 4. The number of nitrogens with zero attached hydrogens (tertiary/aromatic N) is 5. The molecule has 1 aromatic carbocycles. The van der Waals surface area contributed by atoms with Gasteiger partial charge in [0.25, 0.3) is 0 Å². The fourth-order valence-electron chi connectivity index (χ4n) is 5.50. The third kappa shape index (κ3) is 7.05. The number of fused-ring (bicyclic) bond motifs is 2. The van der Waals surface area contributed by atoms with Gasteiger partial charge in [-0.2, -0.15) is 23.5 Å². The number of hydrogen-bond donors (Lipinski definition) is 3. The lowest BCUT2D eigenvalue weighted by atomic mass is 10.0. The van der Waals surface area contributed by atoms with Crippen LogP contribution in [0.3, 0.4) is 0 Å². The number of ether oxygens (including phenoxy) is 1. The van der Waals surface area contributed by atoms with Crippen molar-refractivity contribution in [2.45, 2.75) is 59.5 Å². The Bertz CT molecular complexity index is 1430. The summed E-state index contributed by atoms with van der Waals surface area (Å²) in [4.78, 5) is 44.0. The highest BCUT2D eigenvalue weighted by atomic mass is 32.1. The molecule has 2 aromatic heterocycles. The minimum Gasteiger partial charge on any atom is -0.462 e. The number of aryl methyl sites for hydroxylation is 1. The lowest BCUT2D eigenvalue weighted by Gasteiger charge is -2.32. The third-order valence-electron chi connectivity index (χ3n) is 8.02. The zero-order chi connectivity index (χ0) is 29.0. The molecular formula is C29H44N8O3S. The molecule has 0 spiro atoms. The van der Waals surface area contributed by atoms with E-state index in [-0.39, 0.29) is 25.1 Å². The number of hydrogen-bond acceptors (Lipinski definition) is 8. The summed E-state index contributed by atoms with van der Waals surface area (Å²) in [7, 11) is 2.12. The van der Waals surface area contributed by atoms with E-state index in [1.54, 1.807) is 4.90 Å². The van der Waals surface area contributed by atoms with Crippen molar-refractivity contribution in [3.05, 3.63) is 51.6 Å². The van der Waals surface area contributed by atoms with E-state index in [4.69, 9.17) is 15.5 Å². The first-order chi connectivity index (χ1) is 19.2. The molecule has 0 radical (unpaired) electrons. The predicted octanol–water partition coefficient (Wildman–Crippen LogP) is 3.03. The van der Waals surface area contributed by atoms with Crippen LogP contribution in [-0.2, 0) is 17.8 Å². The SMILES string of the molecule is C=CC(=O)N(CC)CC.Cc1cc2[nH]c(=O)[nH]c2c(N2CCc3c(N)nc(OC[C@@H]4CCCN4C)nc3C2)c1C.S. The summed E-state index contributed by atoms with van der Waals surface area (Å²) in [5, 5.41) is 0. The largest absolute Gasteiger partial charge is 0.462 e. The van der Waals surface area contributed by atoms with E-state index in [2.05, 4.69) is 52.2 Å². The van der Waals surface area contributed by atoms with Gasteiger partial charge in [0.05, 0.1) is 29.0 Å². The van der Waals surface area contributed by atoms with Crippen LogP contribution in [0.2, 0.25) is 0 Å². The van der Waals surface area contributed by atoms with Crippen LogP contribution >= 0.6 is 13.5 Å². The van der Waals surface area contributed by atoms with Crippen LogP contribution in [-0.4, -0.2) is 81.5 Å². The molecule has 11 nitrogen and oxygen atoms in total. The van der Waals surface area contributed by atoms with Gasteiger partial charge in [-0.3, -0.25) is 4.79 Å². The predicted molar refractivity (Wildman–Crippen MR) is 169 cm³/mol. The Hall–Kier alpha value is -3.51. The van der Waals surface area contributed by atoms with Crippen molar-refractivity contribution in [2.75, 3.05) is 50.5 Å². The molecular weight excluding hydrogens is 540 g/mol. The maximum absolute atomic E-state index is 12.0. The molecule has 0 aliphatic carbocycles. The monoisotopic (exact) mass is 584 g/mol. The summed E-state index contributed by atoms with van der Waals surface area (Å²) in [5.41, 5.74) is 12.9. The first-order valence-corrected chi connectivity index (χ1v) is 14.0. The Balaban J connectivity index is 0.000000403. The summed E-state index contributed by atoms with van der Waals surface area (Å²) in [6, 6.07) is 2.75. The van der Waals surface area contributed by atoms with Crippen LogP contribution in [0.5, 0.6) is 6.01 Å². The highest BCUT2D eigenvalue weighted by molar-refractivity contribution is 7.59. The molecule has 0 saturated carbocycles. The number of anilines is 2. The maximum Gasteiger partial charge on any atom is 0.323 e. The summed E-state index contributed by atoms with van der Waals surface area (Å²) < 4.78 is 5.95. The molecule has 41 heavy (non-hydrogen) atoms. The zero-order valence-electron chi connectivity index (χ0n) is 24.8. The Morgan fingerprint density at radius 1 is 1.24 bits per heavy atom. The minimum absolute atomic E-state index is 0. The number of carbonyl (C=O) groups is 1. The summed E-state index contributed by atoms with van der Waals surface area (Å²) >= 11 is 0. The average Bonchev–Trinajstić information content (AvgIpc) is 3.52. The van der Waals surface area contributed by atoms with Gasteiger partial charge in [-0.15, -0.1) is 0 Å². The van der Waals surface area contributed by atoms with E-state index in [0.29, 0.717) is 31.0 Å². The fraction of sp³-hybridized carbons (Fsp3) is 0.517. The van der Waals surface area contributed by atoms with Crippen LogP contribution in [0.25, 0.3) is 11.0 Å². The average molecular weight is 585 g/mol. The van der Waals surface area contributed by atoms with E-state index < -0.39 is 0 Å². The molecule has 1 atom stereocenters. The van der Waals surface area contributed by atoms with Crippen molar-refractivity contribution in [3.63, 3.8) is 0 Å². The highest BCUT2D eigenvalue weighted by Crippen LogP contribution is 2.34. The number of carbonyl (C=O) groups excluding carboxylic acids is 1. The van der Waals surface area contributed by atoms with Crippen molar-refractivity contribution in [1.29, 1.82) is 0 Å². The number of nitrogens with one attached hydrogen (secondary N) is 2. The normalized spacial score (nSPS) is 16.4. The third-order valence-corrected chi connectivity index (χ3v) is 8.02. The Morgan fingerprint density at radius 3 is 2.59 bits per heavy atom. The molecule has 1 saturated heterocycles. The number of amides is 1. The lowest BCUT2D eigenvalue weighted by Crippen LogP contribution is -2.33. The molecule has 4 heterocycles. The number of imidazole rings is 1. The van der Waals surface area contributed by atoms with Crippen LogP contribution in [0, 0.1) is 13.8 Å². The molecule has 2 aliphatic heterocycles. The van der Waals surface area contributed by atoms with Gasteiger partial charge in [0.2, 0.25) is 5.91 Å². The fourth-order valence-corrected chi connectivity index (χ4v) is 5.50. The van der Waals surface area contributed by atoms with Crippen LogP contribution in [0.15, 0.2) is 23.5 Å². The standard InChI is InChI=1S/C22H29N7O2.C7H13NO.H2S/c1-12-9-16-18(26-21(30)24-16)19(13(12)2)29-8-6-15-17(10-29)25-22(27-20(15)23)31-11-14-5-4-7-28(14)3;1-4-7(9)8(5-2)6-3;/h9,14H,4-8,10-11H2,1-3H3,(H2,23,25,27)(H2,24,26,30);4H,1,5-6H2,2-3H3;1H2/t14-;;/m0../s1. The Labute approximate surface area is 248 Å². The van der Waals surface area contributed by atoms with Crippen molar-refractivity contribution in [1.82, 2.24) is 29.7 Å². The molecule has 0 bridgehead atoms. The number of nitrogens with two attached hydrogens (primary N) is 1. The summed E-state index contributed by atoms with van der Waals surface area (Å²) in [6.07, 6.45) is 4.41. The van der Waals surface area contributed by atoms with E-state index in [9.17, 15) is 9.59 Å². The van der Waals surface area contributed by atoms with Gasteiger partial charge in [0.1, 0.15) is 12.4 Å². The number of likely N-dealkylation sites (N-methyl/N-ethyl adjacent to an activating group) is 2. The molecule has 224 valence electrons. The number of aromatic amines is 2. The van der Waals surface area contributed by atoms with E-state index in [1.807, 2.05) is 19.9 Å². The quantitative estimate of drug-likeness (QED) is 0.361. The topological polar surface area (TPSA) is 136 Å². The molecule has 1 amide bonds. The molecule has 5 rings (SSSR count). The highest BCUT2D eigenvalue weighted by Gasteiger charge is 2.26. The van der Waals surface area contributed by atoms with Gasteiger partial charge >= 0.3 is 11.7 Å². The van der Waals surface area contributed by atoms with E-state index in [0.717, 1.165) is 78.1 Å². The first-order valence-electron chi connectivity index (χ1n) is 14.0. The second-order valence-electron chi connectivity index (χ2n) is 10.5. The second kappa shape index (κ2) is 13.9. The Morgan fingerprint density at radius 2 is 1.98 bits per heavy atom. The first kappa shape index (κ1) is 32.0. The van der Waals surface area contributed by atoms with Gasteiger partial charge in [-0.05, 0) is 83.8 Å². The lowest BCUT2D eigenvalue weighted by molar-refractivity contribution is -0.125.